The van der Waals surface area contributed by atoms with Gasteiger partial charge in [-0.15, -0.1) is 26.3 Å². The van der Waals surface area contributed by atoms with Crippen LogP contribution in [-0.4, -0.2) is 17.7 Å². The fourth-order valence-electron chi connectivity index (χ4n) is 2.65. The summed E-state index contributed by atoms with van der Waals surface area (Å²) in [6, 6.07) is 12.0. The van der Waals surface area contributed by atoms with Crippen molar-refractivity contribution in [2.75, 3.05) is 0 Å². The second-order valence-electron chi connectivity index (χ2n) is 5.51. The van der Waals surface area contributed by atoms with Crippen molar-refractivity contribution in [3.63, 3.8) is 0 Å². The molecule has 2 aromatic carbocycles. The Labute approximate surface area is 155 Å². The summed E-state index contributed by atoms with van der Waals surface area (Å²) in [6.07, 6.45) is -7.30. The minimum Gasteiger partial charge on any atom is -0.405 e. The van der Waals surface area contributed by atoms with Crippen LogP contribution < -0.4 is 9.47 Å². The van der Waals surface area contributed by atoms with Crippen LogP contribution in [0.25, 0.3) is 22.3 Å². The summed E-state index contributed by atoms with van der Waals surface area (Å²) >= 11 is 0. The van der Waals surface area contributed by atoms with Crippen molar-refractivity contribution in [3.8, 4) is 33.8 Å². The molecular weight excluding hydrogens is 388 g/mol. The number of halogens is 6. The van der Waals surface area contributed by atoms with Crippen molar-refractivity contribution in [3.05, 3.63) is 67.0 Å². The molecule has 0 aliphatic rings. The van der Waals surface area contributed by atoms with Gasteiger partial charge in [0.25, 0.3) is 0 Å². The molecule has 3 aromatic rings. The summed E-state index contributed by atoms with van der Waals surface area (Å²) in [6.45, 7) is 0. The van der Waals surface area contributed by atoms with Crippen LogP contribution in [-0.2, 0) is 0 Å². The smallest absolute Gasteiger partial charge is 0.405 e. The second-order valence-corrected chi connectivity index (χ2v) is 5.51. The molecule has 0 aliphatic heterocycles. The maximum absolute atomic E-state index is 12.7. The van der Waals surface area contributed by atoms with Crippen molar-refractivity contribution in [1.82, 2.24) is 4.98 Å². The molecule has 0 atom stereocenters. The zero-order valence-corrected chi connectivity index (χ0v) is 13.9. The predicted molar refractivity (Wildman–Crippen MR) is 88.5 cm³/mol. The number of aromatic nitrogens is 1. The Hall–Kier alpha value is -3.23. The Balaban J connectivity index is 2.16. The minimum absolute atomic E-state index is 0.0183. The number of alkyl halides is 6. The van der Waals surface area contributed by atoms with E-state index < -0.39 is 24.2 Å². The molecule has 0 amide bonds. The number of hydrogen-bond donors (Lipinski definition) is 0. The molecule has 0 unspecified atom stereocenters. The predicted octanol–water partition coefficient (Wildman–Crippen LogP) is 6.21. The van der Waals surface area contributed by atoms with E-state index in [1.165, 1.54) is 54.9 Å². The third-order valence-electron chi connectivity index (χ3n) is 3.63. The molecule has 146 valence electrons. The Morgan fingerprint density at radius 3 is 1.54 bits per heavy atom. The molecule has 28 heavy (non-hydrogen) atoms. The van der Waals surface area contributed by atoms with Gasteiger partial charge in [0.15, 0.2) is 0 Å². The molecule has 1 aromatic heterocycles. The summed E-state index contributed by atoms with van der Waals surface area (Å²) in [7, 11) is 0. The Kier molecular flexibility index (Phi) is 5.17. The molecule has 3 rings (SSSR count). The van der Waals surface area contributed by atoms with Gasteiger partial charge in [0.05, 0.1) is 0 Å². The van der Waals surface area contributed by atoms with E-state index in [0.717, 1.165) is 12.1 Å². The summed E-state index contributed by atoms with van der Waals surface area (Å²) in [5, 5.41) is 0. The number of pyridine rings is 1. The molecular formula is C19H11F6NO2. The van der Waals surface area contributed by atoms with Crippen molar-refractivity contribution in [2.24, 2.45) is 0 Å². The fourth-order valence-corrected chi connectivity index (χ4v) is 2.65. The molecule has 0 aliphatic carbocycles. The summed E-state index contributed by atoms with van der Waals surface area (Å²) in [5.41, 5.74) is 0.414. The first-order valence-corrected chi connectivity index (χ1v) is 7.78. The van der Waals surface area contributed by atoms with Crippen LogP contribution in [0.3, 0.4) is 0 Å². The molecule has 0 spiro atoms. The highest BCUT2D eigenvalue weighted by Crippen LogP contribution is 2.42. The molecule has 0 fully saturated rings. The maximum Gasteiger partial charge on any atom is 0.573 e. The van der Waals surface area contributed by atoms with Gasteiger partial charge < -0.3 is 9.47 Å². The highest BCUT2D eigenvalue weighted by atomic mass is 19.4. The van der Waals surface area contributed by atoms with E-state index in [-0.39, 0.29) is 22.3 Å². The Morgan fingerprint density at radius 1 is 0.571 bits per heavy atom. The van der Waals surface area contributed by atoms with E-state index in [0.29, 0.717) is 0 Å². The quantitative estimate of drug-likeness (QED) is 0.489. The molecule has 0 bridgehead atoms. The Morgan fingerprint density at radius 2 is 1.04 bits per heavy atom. The van der Waals surface area contributed by atoms with Crippen LogP contribution in [0.5, 0.6) is 11.5 Å². The molecule has 1 heterocycles. The number of hydrogen-bond acceptors (Lipinski definition) is 3. The lowest BCUT2D eigenvalue weighted by molar-refractivity contribution is -0.275. The van der Waals surface area contributed by atoms with E-state index in [1.54, 1.807) is 0 Å². The van der Waals surface area contributed by atoms with Crippen LogP contribution in [0, 0.1) is 0 Å². The largest absolute Gasteiger partial charge is 0.573 e. The van der Waals surface area contributed by atoms with Gasteiger partial charge in [0, 0.05) is 29.1 Å². The average Bonchev–Trinajstić information content (AvgIpc) is 2.60. The maximum atomic E-state index is 12.7. The monoisotopic (exact) mass is 399 g/mol. The van der Waals surface area contributed by atoms with Crippen molar-refractivity contribution in [1.29, 1.82) is 0 Å². The van der Waals surface area contributed by atoms with Gasteiger partial charge in [-0.1, -0.05) is 36.4 Å². The van der Waals surface area contributed by atoms with Crippen molar-refractivity contribution >= 4 is 0 Å². The minimum atomic E-state index is -4.93. The molecule has 0 N–H and O–H groups in total. The first-order valence-electron chi connectivity index (χ1n) is 7.78. The highest BCUT2D eigenvalue weighted by Gasteiger charge is 2.34. The van der Waals surface area contributed by atoms with Crippen LogP contribution in [0.1, 0.15) is 0 Å². The van der Waals surface area contributed by atoms with E-state index in [4.69, 9.17) is 0 Å². The number of para-hydroxylation sites is 2. The highest BCUT2D eigenvalue weighted by molar-refractivity contribution is 5.87. The van der Waals surface area contributed by atoms with Crippen LogP contribution in [0.15, 0.2) is 67.0 Å². The lowest BCUT2D eigenvalue weighted by Gasteiger charge is -2.17. The van der Waals surface area contributed by atoms with Crippen LogP contribution >= 0.6 is 0 Å². The fraction of sp³-hybridized carbons (Fsp3) is 0.105. The summed E-state index contributed by atoms with van der Waals surface area (Å²) in [4.78, 5) is 3.89. The molecule has 9 heteroatoms. The Bertz CT molecular complexity index is 890. The van der Waals surface area contributed by atoms with E-state index in [1.807, 2.05) is 0 Å². The van der Waals surface area contributed by atoms with Gasteiger partial charge in [-0.05, 0) is 23.8 Å². The van der Waals surface area contributed by atoms with Gasteiger partial charge in [0.1, 0.15) is 11.5 Å². The van der Waals surface area contributed by atoms with Gasteiger partial charge in [-0.25, -0.2) is 0 Å². The normalized spacial score (nSPS) is 11.9. The van der Waals surface area contributed by atoms with Gasteiger partial charge in [0.2, 0.25) is 0 Å². The van der Waals surface area contributed by atoms with Gasteiger partial charge >= 0.3 is 12.7 Å². The molecule has 0 saturated carbocycles. The SMILES string of the molecule is FC(F)(F)Oc1ccccc1-c1ccncc1-c1ccccc1OC(F)(F)F. The lowest BCUT2D eigenvalue weighted by Crippen LogP contribution is -2.18. The molecule has 0 radical (unpaired) electrons. The number of ether oxygens (including phenoxy) is 2. The van der Waals surface area contributed by atoms with Gasteiger partial charge in [-0.2, -0.15) is 0 Å². The zero-order chi connectivity index (χ0) is 20.4. The van der Waals surface area contributed by atoms with E-state index in [9.17, 15) is 26.3 Å². The summed E-state index contributed by atoms with van der Waals surface area (Å²) < 4.78 is 84.5. The van der Waals surface area contributed by atoms with E-state index >= 15 is 0 Å². The van der Waals surface area contributed by atoms with Crippen LogP contribution in [0.2, 0.25) is 0 Å². The van der Waals surface area contributed by atoms with Crippen molar-refractivity contribution in [2.45, 2.75) is 12.7 Å². The topological polar surface area (TPSA) is 31.4 Å². The average molecular weight is 399 g/mol. The lowest BCUT2D eigenvalue weighted by atomic mass is 9.95. The second kappa shape index (κ2) is 7.41. The molecule has 3 nitrogen and oxygen atoms in total. The van der Waals surface area contributed by atoms with E-state index in [2.05, 4.69) is 14.5 Å². The third-order valence-corrected chi connectivity index (χ3v) is 3.63. The number of benzene rings is 2. The number of rotatable bonds is 4. The standard InChI is InChI=1S/C19H11F6NO2/c20-18(21,22)27-16-7-3-1-5-13(16)12-9-10-26-11-15(12)14-6-2-4-8-17(14)28-19(23,24)25/h1-11H. The zero-order valence-electron chi connectivity index (χ0n) is 13.9. The first kappa shape index (κ1) is 19.5. The van der Waals surface area contributed by atoms with Crippen LogP contribution in [0.4, 0.5) is 26.3 Å². The first-order chi connectivity index (χ1) is 13.1. The summed E-state index contributed by atoms with van der Waals surface area (Å²) in [5.74, 6) is -0.991. The van der Waals surface area contributed by atoms with Crippen molar-refractivity contribution < 1.29 is 35.8 Å². The number of nitrogens with zero attached hydrogens (tertiary/aromatic N) is 1. The van der Waals surface area contributed by atoms with Gasteiger partial charge in [-0.3, -0.25) is 4.98 Å². The third kappa shape index (κ3) is 4.73. The molecule has 0 saturated heterocycles.